The Kier molecular flexibility index (Phi) is 4.67. The maximum atomic E-state index is 13.1. The molecule has 5 nitrogen and oxygen atoms in total. The molecule has 25 heavy (non-hydrogen) atoms. The lowest BCUT2D eigenvalue weighted by atomic mass is 9.91. The highest BCUT2D eigenvalue weighted by Crippen LogP contribution is 2.42. The van der Waals surface area contributed by atoms with E-state index in [1.807, 2.05) is 38.1 Å². The van der Waals surface area contributed by atoms with Crippen molar-refractivity contribution in [2.24, 2.45) is 5.92 Å². The smallest absolute Gasteiger partial charge is 0.308 e. The lowest BCUT2D eigenvalue weighted by Crippen LogP contribution is -2.34. The molecule has 3 rings (SSSR count). The molecule has 1 aliphatic rings. The number of nitrogens with zero attached hydrogens (tertiary/aromatic N) is 1. The Morgan fingerprint density at radius 3 is 2.32 bits per heavy atom. The van der Waals surface area contributed by atoms with Crippen LogP contribution in [0.2, 0.25) is 0 Å². The highest BCUT2D eigenvalue weighted by atomic mass is 32.2. The summed E-state index contributed by atoms with van der Waals surface area (Å²) in [7, 11) is -3.77. The predicted octanol–water partition coefficient (Wildman–Crippen LogP) is 3.14. The molecule has 2 aromatic carbocycles. The van der Waals surface area contributed by atoms with E-state index in [0.717, 1.165) is 16.7 Å². The first kappa shape index (κ1) is 17.6. The van der Waals surface area contributed by atoms with Crippen LogP contribution >= 0.6 is 0 Å². The summed E-state index contributed by atoms with van der Waals surface area (Å²) < 4.78 is 27.6. The standard InChI is InChI=1S/C19H21NO4S/c1-13-7-9-15(10-8-13)25(23,24)20-12-11-17(19(21)22)18(20)16-6-4-3-5-14(16)2/h3-10,17-18H,11-12H2,1-2H3,(H,21,22)/t17-,18?/m1/s1. The lowest BCUT2D eigenvalue weighted by Gasteiger charge is -2.28. The summed E-state index contributed by atoms with van der Waals surface area (Å²) in [5.41, 5.74) is 2.62. The monoisotopic (exact) mass is 359 g/mol. The first-order chi connectivity index (χ1) is 11.8. The number of carbonyl (C=O) groups is 1. The summed E-state index contributed by atoms with van der Waals surface area (Å²) in [6, 6.07) is 13.3. The zero-order valence-electron chi connectivity index (χ0n) is 14.2. The molecule has 0 radical (unpaired) electrons. The molecule has 0 aromatic heterocycles. The molecule has 0 spiro atoms. The van der Waals surface area contributed by atoms with Crippen molar-refractivity contribution in [3.05, 3.63) is 65.2 Å². The van der Waals surface area contributed by atoms with Crippen molar-refractivity contribution in [3.63, 3.8) is 0 Å². The minimum absolute atomic E-state index is 0.197. The number of aliphatic carboxylic acids is 1. The zero-order valence-corrected chi connectivity index (χ0v) is 15.0. The summed E-state index contributed by atoms with van der Waals surface area (Å²) in [6.45, 7) is 3.97. The van der Waals surface area contributed by atoms with Gasteiger partial charge in [0.2, 0.25) is 10.0 Å². The number of sulfonamides is 1. The van der Waals surface area contributed by atoms with Gasteiger partial charge in [-0.05, 0) is 43.5 Å². The quantitative estimate of drug-likeness (QED) is 0.910. The van der Waals surface area contributed by atoms with Crippen LogP contribution in [0.25, 0.3) is 0 Å². The minimum Gasteiger partial charge on any atom is -0.481 e. The SMILES string of the molecule is Cc1ccc(S(=O)(=O)N2CC[C@@H](C(=O)O)C2c2ccccc2C)cc1. The van der Waals surface area contributed by atoms with Gasteiger partial charge in [-0.3, -0.25) is 4.79 Å². The number of hydrogen-bond donors (Lipinski definition) is 1. The molecule has 1 aliphatic heterocycles. The molecule has 1 N–H and O–H groups in total. The van der Waals surface area contributed by atoms with Crippen molar-refractivity contribution >= 4 is 16.0 Å². The molecular formula is C19H21NO4S. The van der Waals surface area contributed by atoms with Crippen LogP contribution < -0.4 is 0 Å². The van der Waals surface area contributed by atoms with Crippen molar-refractivity contribution < 1.29 is 18.3 Å². The molecule has 0 bridgehead atoms. The number of benzene rings is 2. The van der Waals surface area contributed by atoms with Crippen molar-refractivity contribution in [2.75, 3.05) is 6.54 Å². The van der Waals surface area contributed by atoms with Crippen LogP contribution in [-0.2, 0) is 14.8 Å². The van der Waals surface area contributed by atoms with Crippen LogP contribution in [0.3, 0.4) is 0 Å². The normalized spacial score (nSPS) is 21.4. The highest BCUT2D eigenvalue weighted by Gasteiger charge is 2.46. The van der Waals surface area contributed by atoms with Crippen molar-refractivity contribution in [1.29, 1.82) is 0 Å². The van der Waals surface area contributed by atoms with Gasteiger partial charge in [0.25, 0.3) is 0 Å². The van der Waals surface area contributed by atoms with Crippen LogP contribution in [0.15, 0.2) is 53.4 Å². The van der Waals surface area contributed by atoms with Gasteiger partial charge >= 0.3 is 5.97 Å². The first-order valence-corrected chi connectivity index (χ1v) is 9.63. The third-order valence-electron chi connectivity index (χ3n) is 4.80. The second kappa shape index (κ2) is 6.61. The molecule has 0 aliphatic carbocycles. The number of carboxylic acid groups (broad SMARTS) is 1. The van der Waals surface area contributed by atoms with Crippen LogP contribution in [0, 0.1) is 19.8 Å². The fraction of sp³-hybridized carbons (Fsp3) is 0.316. The van der Waals surface area contributed by atoms with Gasteiger partial charge in [-0.1, -0.05) is 42.0 Å². The molecule has 6 heteroatoms. The summed E-state index contributed by atoms with van der Waals surface area (Å²) in [5, 5.41) is 9.60. The van der Waals surface area contributed by atoms with Crippen LogP contribution in [-0.4, -0.2) is 30.3 Å². The van der Waals surface area contributed by atoms with E-state index in [1.165, 1.54) is 4.31 Å². The Balaban J connectivity index is 2.09. The first-order valence-electron chi connectivity index (χ1n) is 8.19. The van der Waals surface area contributed by atoms with Crippen LogP contribution in [0.5, 0.6) is 0 Å². The molecular weight excluding hydrogens is 338 g/mol. The maximum absolute atomic E-state index is 13.1. The second-order valence-electron chi connectivity index (χ2n) is 6.46. The van der Waals surface area contributed by atoms with Crippen LogP contribution in [0.4, 0.5) is 0 Å². The lowest BCUT2D eigenvalue weighted by molar-refractivity contribution is -0.142. The molecule has 0 amide bonds. The average Bonchev–Trinajstić information content (AvgIpc) is 3.01. The fourth-order valence-corrected chi connectivity index (χ4v) is 5.08. The average molecular weight is 359 g/mol. The Bertz CT molecular complexity index is 890. The topological polar surface area (TPSA) is 74.7 Å². The van der Waals surface area contributed by atoms with Gasteiger partial charge in [0.15, 0.2) is 0 Å². The summed E-state index contributed by atoms with van der Waals surface area (Å²) in [5.74, 6) is -1.71. The Morgan fingerprint density at radius 1 is 1.08 bits per heavy atom. The van der Waals surface area contributed by atoms with Gasteiger partial charge < -0.3 is 5.11 Å². The Labute approximate surface area is 148 Å². The second-order valence-corrected chi connectivity index (χ2v) is 8.35. The fourth-order valence-electron chi connectivity index (χ4n) is 3.43. The molecule has 0 saturated carbocycles. The molecule has 2 aromatic rings. The molecule has 1 fully saturated rings. The van der Waals surface area contributed by atoms with E-state index in [-0.39, 0.29) is 11.4 Å². The van der Waals surface area contributed by atoms with E-state index in [0.29, 0.717) is 6.42 Å². The van der Waals surface area contributed by atoms with Gasteiger partial charge in [-0.15, -0.1) is 0 Å². The van der Waals surface area contributed by atoms with E-state index in [1.54, 1.807) is 24.3 Å². The van der Waals surface area contributed by atoms with E-state index in [9.17, 15) is 18.3 Å². The molecule has 2 atom stereocenters. The summed E-state index contributed by atoms with van der Waals surface area (Å²) in [6.07, 6.45) is 0.305. The number of aryl methyl sites for hydroxylation is 2. The van der Waals surface area contributed by atoms with Gasteiger partial charge in [0, 0.05) is 6.54 Å². The third-order valence-corrected chi connectivity index (χ3v) is 6.70. The zero-order chi connectivity index (χ0) is 18.2. The van der Waals surface area contributed by atoms with Crippen molar-refractivity contribution in [1.82, 2.24) is 4.31 Å². The number of hydrogen-bond acceptors (Lipinski definition) is 3. The number of rotatable bonds is 4. The molecule has 132 valence electrons. The molecule has 1 unspecified atom stereocenters. The van der Waals surface area contributed by atoms with Gasteiger partial charge in [-0.2, -0.15) is 4.31 Å². The third kappa shape index (κ3) is 3.19. The molecule has 1 saturated heterocycles. The van der Waals surface area contributed by atoms with E-state index in [2.05, 4.69) is 0 Å². The summed E-state index contributed by atoms with van der Waals surface area (Å²) >= 11 is 0. The van der Waals surface area contributed by atoms with E-state index < -0.39 is 28.0 Å². The predicted molar refractivity (Wildman–Crippen MR) is 94.7 cm³/mol. The maximum Gasteiger partial charge on any atom is 0.308 e. The Morgan fingerprint density at radius 2 is 1.72 bits per heavy atom. The van der Waals surface area contributed by atoms with E-state index >= 15 is 0 Å². The van der Waals surface area contributed by atoms with Crippen molar-refractivity contribution in [3.8, 4) is 0 Å². The van der Waals surface area contributed by atoms with E-state index in [4.69, 9.17) is 0 Å². The summed E-state index contributed by atoms with van der Waals surface area (Å²) in [4.78, 5) is 11.9. The minimum atomic E-state index is -3.77. The van der Waals surface area contributed by atoms with Gasteiger partial charge in [0.1, 0.15) is 0 Å². The van der Waals surface area contributed by atoms with Crippen LogP contribution in [0.1, 0.15) is 29.2 Å². The van der Waals surface area contributed by atoms with Gasteiger partial charge in [0.05, 0.1) is 16.9 Å². The Hall–Kier alpha value is -2.18. The number of carboxylic acids is 1. The largest absolute Gasteiger partial charge is 0.481 e. The van der Waals surface area contributed by atoms with Gasteiger partial charge in [-0.25, -0.2) is 8.42 Å². The van der Waals surface area contributed by atoms with Crippen molar-refractivity contribution in [2.45, 2.75) is 31.2 Å². The highest BCUT2D eigenvalue weighted by molar-refractivity contribution is 7.89. The molecule has 1 heterocycles.